The molecule has 30 heavy (non-hydrogen) atoms. The molecule has 0 spiro atoms. The van der Waals surface area contributed by atoms with Crippen LogP contribution in [-0.4, -0.2) is 24.9 Å². The van der Waals surface area contributed by atoms with Gasteiger partial charge in [-0.1, -0.05) is 41.9 Å². The van der Waals surface area contributed by atoms with Gasteiger partial charge >= 0.3 is 0 Å². The van der Waals surface area contributed by atoms with E-state index in [1.54, 1.807) is 0 Å². The number of halogens is 1. The number of nitrogens with one attached hydrogen (secondary N) is 1. The first-order valence-corrected chi connectivity index (χ1v) is 11.5. The summed E-state index contributed by atoms with van der Waals surface area (Å²) in [7, 11) is 0. The molecule has 3 nitrogen and oxygen atoms in total. The molecule has 1 N–H and O–H groups in total. The third kappa shape index (κ3) is 6.73. The van der Waals surface area contributed by atoms with Gasteiger partial charge in [0.1, 0.15) is 5.75 Å². The van der Waals surface area contributed by atoms with E-state index in [4.69, 9.17) is 21.1 Å². The second kappa shape index (κ2) is 10.2. The van der Waals surface area contributed by atoms with Crippen molar-refractivity contribution in [3.05, 3.63) is 64.7 Å². The second-order valence-corrected chi connectivity index (χ2v) is 9.95. The van der Waals surface area contributed by atoms with Crippen LogP contribution < -0.4 is 10.1 Å². The van der Waals surface area contributed by atoms with Gasteiger partial charge in [-0.25, -0.2) is 0 Å². The van der Waals surface area contributed by atoms with E-state index in [9.17, 15) is 0 Å². The number of hydrogen-bond acceptors (Lipinski definition) is 3. The lowest BCUT2D eigenvalue weighted by atomic mass is 9.68. The lowest BCUT2D eigenvalue weighted by Gasteiger charge is -2.45. The van der Waals surface area contributed by atoms with Gasteiger partial charge < -0.3 is 14.8 Å². The van der Waals surface area contributed by atoms with Crippen molar-refractivity contribution in [3.63, 3.8) is 0 Å². The minimum atomic E-state index is -0.0915. The van der Waals surface area contributed by atoms with E-state index >= 15 is 0 Å². The Balaban J connectivity index is 1.59. The van der Waals surface area contributed by atoms with Gasteiger partial charge in [-0.3, -0.25) is 0 Å². The standard InChI is InChI=1S/C26H36ClNO2/c1-20(2)30-23-11-9-21(10-12-23)18-28-15-13-26(14-16-29-25(3,4)19-26)17-22-7-5-6-8-24(22)27/h5-12,20,28H,13-19H2,1-4H3/t26-/m0/s1. The van der Waals surface area contributed by atoms with Gasteiger partial charge in [-0.15, -0.1) is 0 Å². The highest BCUT2D eigenvalue weighted by Crippen LogP contribution is 2.44. The van der Waals surface area contributed by atoms with Crippen LogP contribution in [0.15, 0.2) is 48.5 Å². The highest BCUT2D eigenvalue weighted by molar-refractivity contribution is 6.31. The monoisotopic (exact) mass is 429 g/mol. The topological polar surface area (TPSA) is 30.5 Å². The van der Waals surface area contributed by atoms with Crippen LogP contribution in [0.2, 0.25) is 5.02 Å². The maximum absolute atomic E-state index is 6.50. The fraction of sp³-hybridized carbons (Fsp3) is 0.538. The molecule has 0 bridgehead atoms. The maximum atomic E-state index is 6.50. The molecule has 0 aliphatic carbocycles. The third-order valence-electron chi connectivity index (χ3n) is 5.91. The van der Waals surface area contributed by atoms with E-state index in [0.29, 0.717) is 0 Å². The SMILES string of the molecule is CC(C)Oc1ccc(CNCC[C@@]2(Cc3ccccc3Cl)CCOC(C)(C)C2)cc1. The lowest BCUT2D eigenvalue weighted by Crippen LogP contribution is -2.43. The van der Waals surface area contributed by atoms with Crippen LogP contribution in [0.3, 0.4) is 0 Å². The summed E-state index contributed by atoms with van der Waals surface area (Å²) in [6.07, 6.45) is 4.44. The maximum Gasteiger partial charge on any atom is 0.119 e. The van der Waals surface area contributed by atoms with E-state index in [2.05, 4.69) is 55.6 Å². The smallest absolute Gasteiger partial charge is 0.119 e. The van der Waals surface area contributed by atoms with E-state index in [1.165, 1.54) is 11.1 Å². The summed E-state index contributed by atoms with van der Waals surface area (Å²) in [6, 6.07) is 16.6. The summed E-state index contributed by atoms with van der Waals surface area (Å²) in [5.74, 6) is 0.928. The lowest BCUT2D eigenvalue weighted by molar-refractivity contribution is -0.107. The summed E-state index contributed by atoms with van der Waals surface area (Å²) in [6.45, 7) is 11.2. The highest BCUT2D eigenvalue weighted by Gasteiger charge is 2.40. The van der Waals surface area contributed by atoms with Crippen molar-refractivity contribution in [2.45, 2.75) is 71.6 Å². The summed E-state index contributed by atoms with van der Waals surface area (Å²) in [4.78, 5) is 0. The Morgan fingerprint density at radius 1 is 1.10 bits per heavy atom. The molecule has 3 rings (SSSR count). The quantitative estimate of drug-likeness (QED) is 0.466. The predicted molar refractivity (Wildman–Crippen MR) is 125 cm³/mol. The molecule has 1 aliphatic heterocycles. The van der Waals surface area contributed by atoms with Crippen molar-refractivity contribution in [1.82, 2.24) is 5.32 Å². The van der Waals surface area contributed by atoms with Crippen LogP contribution >= 0.6 is 11.6 Å². The van der Waals surface area contributed by atoms with Gasteiger partial charge in [-0.2, -0.15) is 0 Å². The predicted octanol–water partition coefficient (Wildman–Crippen LogP) is 6.43. The number of benzene rings is 2. The number of rotatable bonds is 9. The summed E-state index contributed by atoms with van der Waals surface area (Å²) in [5, 5.41) is 4.52. The Kier molecular flexibility index (Phi) is 7.84. The molecule has 1 aliphatic rings. The zero-order valence-corrected chi connectivity index (χ0v) is 19.6. The normalized spacial score (nSPS) is 21.0. The van der Waals surface area contributed by atoms with Crippen LogP contribution in [0.25, 0.3) is 0 Å². The molecule has 1 fully saturated rings. The molecule has 0 aromatic heterocycles. The Morgan fingerprint density at radius 3 is 2.50 bits per heavy atom. The zero-order valence-electron chi connectivity index (χ0n) is 18.8. The van der Waals surface area contributed by atoms with Crippen molar-refractivity contribution < 1.29 is 9.47 Å². The van der Waals surface area contributed by atoms with Crippen LogP contribution in [0.1, 0.15) is 58.1 Å². The average Bonchev–Trinajstić information content (AvgIpc) is 2.67. The zero-order chi connectivity index (χ0) is 21.6. The van der Waals surface area contributed by atoms with Gasteiger partial charge in [0, 0.05) is 18.2 Å². The van der Waals surface area contributed by atoms with E-state index in [-0.39, 0.29) is 17.1 Å². The van der Waals surface area contributed by atoms with Gasteiger partial charge in [0.15, 0.2) is 0 Å². The molecule has 2 aromatic carbocycles. The van der Waals surface area contributed by atoms with Crippen LogP contribution in [0.5, 0.6) is 5.75 Å². The Morgan fingerprint density at radius 2 is 1.83 bits per heavy atom. The molecule has 1 heterocycles. The summed E-state index contributed by atoms with van der Waals surface area (Å²) < 4.78 is 11.8. The van der Waals surface area contributed by atoms with Crippen molar-refractivity contribution in [2.75, 3.05) is 13.2 Å². The fourth-order valence-electron chi connectivity index (χ4n) is 4.63. The third-order valence-corrected chi connectivity index (χ3v) is 6.27. The van der Waals surface area contributed by atoms with E-state index < -0.39 is 0 Å². The van der Waals surface area contributed by atoms with Gasteiger partial charge in [-0.05, 0) is 94.7 Å². The van der Waals surface area contributed by atoms with Gasteiger partial charge in [0.05, 0.1) is 11.7 Å². The molecular formula is C26H36ClNO2. The molecule has 164 valence electrons. The molecule has 0 unspecified atom stereocenters. The first-order valence-electron chi connectivity index (χ1n) is 11.1. The molecule has 1 saturated heterocycles. The number of ether oxygens (including phenoxy) is 2. The summed E-state index contributed by atoms with van der Waals surface area (Å²) >= 11 is 6.50. The number of hydrogen-bond donors (Lipinski definition) is 1. The largest absolute Gasteiger partial charge is 0.491 e. The Bertz CT molecular complexity index is 803. The molecule has 0 amide bonds. The van der Waals surface area contributed by atoms with Crippen LogP contribution in [-0.2, 0) is 17.7 Å². The Labute approximate surface area is 187 Å². The van der Waals surface area contributed by atoms with Crippen molar-refractivity contribution >= 4 is 11.6 Å². The molecular weight excluding hydrogens is 394 g/mol. The van der Waals surface area contributed by atoms with Gasteiger partial charge in [0.25, 0.3) is 0 Å². The molecule has 0 saturated carbocycles. The van der Waals surface area contributed by atoms with Crippen molar-refractivity contribution in [2.24, 2.45) is 5.41 Å². The Hall–Kier alpha value is -1.55. The second-order valence-electron chi connectivity index (χ2n) is 9.54. The minimum Gasteiger partial charge on any atom is -0.491 e. The average molecular weight is 430 g/mol. The molecule has 0 radical (unpaired) electrons. The fourth-order valence-corrected chi connectivity index (χ4v) is 4.83. The molecule has 4 heteroatoms. The highest BCUT2D eigenvalue weighted by atomic mass is 35.5. The first kappa shape index (κ1) is 23.1. The summed E-state index contributed by atoms with van der Waals surface area (Å²) in [5.41, 5.74) is 2.64. The molecule has 1 atom stereocenters. The van der Waals surface area contributed by atoms with Crippen LogP contribution in [0, 0.1) is 5.41 Å². The van der Waals surface area contributed by atoms with Crippen molar-refractivity contribution in [1.29, 1.82) is 0 Å². The first-order chi connectivity index (χ1) is 14.3. The molecule has 2 aromatic rings. The van der Waals surface area contributed by atoms with E-state index in [1.807, 2.05) is 26.0 Å². The minimum absolute atomic E-state index is 0.0915. The van der Waals surface area contributed by atoms with Gasteiger partial charge in [0.2, 0.25) is 0 Å². The van der Waals surface area contributed by atoms with Crippen molar-refractivity contribution in [3.8, 4) is 5.75 Å². The van der Waals surface area contributed by atoms with E-state index in [0.717, 1.165) is 56.2 Å². The van der Waals surface area contributed by atoms with Crippen LogP contribution in [0.4, 0.5) is 0 Å².